The average Bonchev–Trinajstić information content (AvgIpc) is 3.38. The maximum Gasteiger partial charge on any atom is 0.223 e. The molecule has 0 bridgehead atoms. The van der Waals surface area contributed by atoms with Crippen LogP contribution in [0.25, 0.3) is 5.82 Å². The Hall–Kier alpha value is -4.74. The van der Waals surface area contributed by atoms with Gasteiger partial charge in [0.1, 0.15) is 29.5 Å². The third kappa shape index (κ3) is 8.38. The first-order chi connectivity index (χ1) is 19.5. The molecule has 0 aliphatic carbocycles. The van der Waals surface area contributed by atoms with Gasteiger partial charge in [-0.05, 0) is 31.2 Å². The van der Waals surface area contributed by atoms with Crippen molar-refractivity contribution in [1.82, 2.24) is 30.0 Å². The van der Waals surface area contributed by atoms with Gasteiger partial charge in [-0.15, -0.1) is 15.3 Å². The average molecular weight is 548 g/mol. The fourth-order valence-electron chi connectivity index (χ4n) is 3.60. The molecule has 0 unspecified atom stereocenters. The number of amides is 1. The highest BCUT2D eigenvalue weighted by Gasteiger charge is 2.16. The molecular weight excluding hydrogens is 514 g/mol. The number of azo groups is 1. The van der Waals surface area contributed by atoms with Crippen LogP contribution in [0.5, 0.6) is 0 Å². The lowest BCUT2D eigenvalue weighted by Crippen LogP contribution is -2.31. The summed E-state index contributed by atoms with van der Waals surface area (Å²) in [5.41, 5.74) is 1.52. The Morgan fingerprint density at radius 1 is 1.27 bits per heavy atom. The van der Waals surface area contributed by atoms with Gasteiger partial charge in [0, 0.05) is 52.5 Å². The molecule has 40 heavy (non-hydrogen) atoms. The third-order valence-corrected chi connectivity index (χ3v) is 5.62. The number of hydrogen-bond acceptors (Lipinski definition) is 12. The Labute approximate surface area is 232 Å². The maximum absolute atomic E-state index is 11.8. The molecule has 0 aliphatic heterocycles. The Balaban J connectivity index is 1.93. The van der Waals surface area contributed by atoms with Crippen LogP contribution in [0.4, 0.5) is 23.1 Å². The predicted molar refractivity (Wildman–Crippen MR) is 149 cm³/mol. The van der Waals surface area contributed by atoms with Gasteiger partial charge in [0.2, 0.25) is 11.7 Å². The number of aryl methyl sites for hydroxylation is 1. The van der Waals surface area contributed by atoms with Crippen LogP contribution in [0.1, 0.15) is 24.0 Å². The molecule has 3 rings (SSSR count). The summed E-state index contributed by atoms with van der Waals surface area (Å²) in [6, 6.07) is 5.66. The fourth-order valence-corrected chi connectivity index (χ4v) is 3.60. The van der Waals surface area contributed by atoms with Gasteiger partial charge in [0.05, 0.1) is 19.4 Å². The number of pyridine rings is 1. The van der Waals surface area contributed by atoms with Crippen molar-refractivity contribution >= 4 is 29.0 Å². The van der Waals surface area contributed by atoms with E-state index in [1.54, 1.807) is 26.5 Å². The minimum atomic E-state index is -0.122. The molecule has 0 spiro atoms. The van der Waals surface area contributed by atoms with Crippen molar-refractivity contribution in [2.45, 2.75) is 19.8 Å². The molecule has 3 aromatic heterocycles. The highest BCUT2D eigenvalue weighted by atomic mass is 16.5. The van der Waals surface area contributed by atoms with Crippen LogP contribution in [0, 0.1) is 18.3 Å². The second-order valence-corrected chi connectivity index (χ2v) is 8.46. The minimum Gasteiger partial charge on any atom is -0.383 e. The molecule has 210 valence electrons. The van der Waals surface area contributed by atoms with Gasteiger partial charge in [0.15, 0.2) is 11.6 Å². The number of carbonyl (C=O) groups is 1. The van der Waals surface area contributed by atoms with Crippen molar-refractivity contribution in [3.8, 4) is 11.9 Å². The summed E-state index contributed by atoms with van der Waals surface area (Å²) in [6.45, 7) is 8.12. The summed E-state index contributed by atoms with van der Waals surface area (Å²) in [6.07, 6.45) is 6.73. The van der Waals surface area contributed by atoms with E-state index in [0.717, 1.165) is 5.56 Å². The molecule has 2 N–H and O–H groups in total. The van der Waals surface area contributed by atoms with E-state index in [-0.39, 0.29) is 17.3 Å². The SMILES string of the molecule is C=CNC(=O)CCCNc1nc(N(CCOC)CCOC)cc(C)c1N=Nc1nn(-c2ccncn2)cc1C#N. The molecule has 0 saturated heterocycles. The monoisotopic (exact) mass is 547 g/mol. The number of aromatic nitrogens is 5. The largest absolute Gasteiger partial charge is 0.383 e. The van der Waals surface area contributed by atoms with Gasteiger partial charge in [-0.1, -0.05) is 6.58 Å². The number of nitrogens with one attached hydrogen (secondary N) is 2. The first kappa shape index (κ1) is 29.8. The van der Waals surface area contributed by atoms with Gasteiger partial charge < -0.3 is 25.0 Å². The lowest BCUT2D eigenvalue weighted by Gasteiger charge is -2.24. The van der Waals surface area contributed by atoms with E-state index in [1.165, 1.54) is 23.4 Å². The molecule has 0 radical (unpaired) electrons. The topological polar surface area (TPSA) is 168 Å². The summed E-state index contributed by atoms with van der Waals surface area (Å²) < 4.78 is 12.0. The lowest BCUT2D eigenvalue weighted by molar-refractivity contribution is -0.120. The number of nitriles is 1. The molecule has 3 aromatic rings. The summed E-state index contributed by atoms with van der Waals surface area (Å²) in [5.74, 6) is 1.70. The number of hydrogen-bond donors (Lipinski definition) is 2. The van der Waals surface area contributed by atoms with Crippen LogP contribution in [-0.2, 0) is 14.3 Å². The molecule has 0 atom stereocenters. The molecular formula is C26H33N11O3. The highest BCUT2D eigenvalue weighted by molar-refractivity contribution is 5.76. The Morgan fingerprint density at radius 2 is 2.05 bits per heavy atom. The van der Waals surface area contributed by atoms with Crippen LogP contribution >= 0.6 is 0 Å². The Kier molecular flexibility index (Phi) is 11.6. The quantitative estimate of drug-likeness (QED) is 0.201. The van der Waals surface area contributed by atoms with Crippen LogP contribution in [0.2, 0.25) is 0 Å². The van der Waals surface area contributed by atoms with Gasteiger partial charge in [-0.3, -0.25) is 4.79 Å². The second kappa shape index (κ2) is 15.6. The van der Waals surface area contributed by atoms with Crippen molar-refractivity contribution < 1.29 is 14.3 Å². The van der Waals surface area contributed by atoms with E-state index in [4.69, 9.17) is 14.5 Å². The van der Waals surface area contributed by atoms with E-state index in [1.807, 2.05) is 13.0 Å². The molecule has 0 aromatic carbocycles. The van der Waals surface area contributed by atoms with Crippen molar-refractivity contribution in [2.75, 3.05) is 57.3 Å². The van der Waals surface area contributed by atoms with E-state index < -0.39 is 0 Å². The number of ether oxygens (including phenoxy) is 2. The van der Waals surface area contributed by atoms with E-state index in [2.05, 4.69) is 53.5 Å². The van der Waals surface area contributed by atoms with Gasteiger partial charge in [-0.25, -0.2) is 19.6 Å². The van der Waals surface area contributed by atoms with Gasteiger partial charge >= 0.3 is 0 Å². The zero-order valence-electron chi connectivity index (χ0n) is 22.9. The molecule has 1 amide bonds. The molecule has 14 nitrogen and oxygen atoms in total. The smallest absolute Gasteiger partial charge is 0.223 e. The minimum absolute atomic E-state index is 0.122. The van der Waals surface area contributed by atoms with Crippen LogP contribution < -0.4 is 15.5 Å². The standard InChI is InChI=1S/C26H33N11O3/c1-5-29-23(38)7-6-9-30-26-24(19(2)15-22(32-26)36(11-13-39-3)12-14-40-4)33-34-25-20(16-27)17-37(35-25)21-8-10-28-18-31-21/h5,8,10,15,17-18H,1,6-7,9,11-14H2,2-4H3,(H,29,38)(H,30,32). The first-order valence-corrected chi connectivity index (χ1v) is 12.6. The molecule has 0 aliphatic rings. The van der Waals surface area contributed by atoms with Crippen LogP contribution in [0.3, 0.4) is 0 Å². The Bertz CT molecular complexity index is 1330. The van der Waals surface area contributed by atoms with Crippen molar-refractivity contribution in [3.63, 3.8) is 0 Å². The second-order valence-electron chi connectivity index (χ2n) is 8.46. The zero-order valence-corrected chi connectivity index (χ0v) is 22.9. The first-order valence-electron chi connectivity index (χ1n) is 12.6. The fraction of sp³-hybridized carbons (Fsp3) is 0.385. The number of rotatable bonds is 16. The summed E-state index contributed by atoms with van der Waals surface area (Å²) in [7, 11) is 3.29. The van der Waals surface area contributed by atoms with Crippen molar-refractivity contribution in [3.05, 3.63) is 54.8 Å². The number of methoxy groups -OCH3 is 2. The van der Waals surface area contributed by atoms with Gasteiger partial charge in [0.25, 0.3) is 0 Å². The highest BCUT2D eigenvalue weighted by Crippen LogP contribution is 2.33. The molecule has 3 heterocycles. The summed E-state index contributed by atoms with van der Waals surface area (Å²) in [5, 5.41) is 28.6. The van der Waals surface area contributed by atoms with Crippen LogP contribution in [0.15, 0.2) is 53.9 Å². The summed E-state index contributed by atoms with van der Waals surface area (Å²) >= 11 is 0. The van der Waals surface area contributed by atoms with E-state index in [0.29, 0.717) is 68.8 Å². The third-order valence-electron chi connectivity index (χ3n) is 5.62. The Morgan fingerprint density at radius 3 is 2.70 bits per heavy atom. The molecule has 14 heteroatoms. The maximum atomic E-state index is 11.8. The molecule has 0 saturated carbocycles. The zero-order chi connectivity index (χ0) is 28.7. The number of anilines is 2. The normalized spacial score (nSPS) is 10.8. The molecule has 0 fully saturated rings. The predicted octanol–water partition coefficient (Wildman–Crippen LogP) is 3.20. The number of carbonyl (C=O) groups excluding carboxylic acids is 1. The van der Waals surface area contributed by atoms with Crippen molar-refractivity contribution in [1.29, 1.82) is 5.26 Å². The summed E-state index contributed by atoms with van der Waals surface area (Å²) in [4.78, 5) is 26.7. The lowest BCUT2D eigenvalue weighted by atomic mass is 10.2. The van der Waals surface area contributed by atoms with E-state index >= 15 is 0 Å². The van der Waals surface area contributed by atoms with Gasteiger partial charge in [-0.2, -0.15) is 5.26 Å². The van der Waals surface area contributed by atoms with E-state index in [9.17, 15) is 10.1 Å². The number of nitrogens with zero attached hydrogens (tertiary/aromatic N) is 9. The van der Waals surface area contributed by atoms with Crippen LogP contribution in [-0.4, -0.2) is 77.7 Å². The van der Waals surface area contributed by atoms with Crippen molar-refractivity contribution in [2.24, 2.45) is 10.2 Å².